The van der Waals surface area contributed by atoms with Gasteiger partial charge in [-0.3, -0.25) is 4.99 Å². The van der Waals surface area contributed by atoms with E-state index in [2.05, 4.69) is 97.9 Å². The number of amidine groups is 2. The van der Waals surface area contributed by atoms with E-state index in [1.165, 1.54) is 27.0 Å². The summed E-state index contributed by atoms with van der Waals surface area (Å²) in [6, 6.07) is 31.1. The zero-order chi connectivity index (χ0) is 23.3. The first-order chi connectivity index (χ1) is 16.7. The van der Waals surface area contributed by atoms with Gasteiger partial charge in [0, 0.05) is 11.1 Å². The predicted octanol–water partition coefficient (Wildman–Crippen LogP) is 4.89. The molecule has 1 aliphatic rings. The standard InChI is InChI=1S/C31H27N3/c1-22-13-15-26(16-14-22)31(33-21-23-7-6-12-24-8-2-4-10-27(24)19-23)34-30(32)29-18-17-25-9-3-5-11-28(25)20-29/h2-5,7-20H,6,21H2,1H3,(H2,32,33,34). The Bertz CT molecular complexity index is 1550. The van der Waals surface area contributed by atoms with E-state index in [-0.39, 0.29) is 0 Å². The van der Waals surface area contributed by atoms with Gasteiger partial charge in [-0.25, -0.2) is 4.99 Å². The Morgan fingerprint density at radius 1 is 0.765 bits per heavy atom. The minimum Gasteiger partial charge on any atom is -0.383 e. The van der Waals surface area contributed by atoms with Crippen LogP contribution in [-0.4, -0.2) is 18.2 Å². The molecule has 0 aliphatic heterocycles. The Hall–Kier alpha value is -4.24. The van der Waals surface area contributed by atoms with Crippen LogP contribution in [0.2, 0.25) is 0 Å². The predicted molar refractivity (Wildman–Crippen MR) is 145 cm³/mol. The van der Waals surface area contributed by atoms with Gasteiger partial charge in [-0.15, -0.1) is 0 Å². The van der Waals surface area contributed by atoms with Crippen LogP contribution in [0.3, 0.4) is 0 Å². The lowest BCUT2D eigenvalue weighted by molar-refractivity contribution is 1.17. The maximum Gasteiger partial charge on any atom is 0.157 e. The summed E-state index contributed by atoms with van der Waals surface area (Å²) in [4.78, 5) is 9.73. The number of hydrogen-bond acceptors (Lipinski definition) is 1. The fourth-order valence-corrected chi connectivity index (χ4v) is 4.12. The van der Waals surface area contributed by atoms with Gasteiger partial charge < -0.3 is 5.73 Å². The summed E-state index contributed by atoms with van der Waals surface area (Å²) < 4.78 is 0. The monoisotopic (exact) mass is 441 g/mol. The minimum atomic E-state index is 0.461. The molecule has 0 radical (unpaired) electrons. The second kappa shape index (κ2) is 9.72. The first-order valence-corrected chi connectivity index (χ1v) is 11.6. The summed E-state index contributed by atoms with van der Waals surface area (Å²) in [7, 11) is 0. The van der Waals surface area contributed by atoms with Crippen molar-refractivity contribution in [3.8, 4) is 0 Å². The number of hydrogen-bond donors (Lipinski definition) is 1. The highest BCUT2D eigenvalue weighted by Gasteiger charge is 2.07. The first kappa shape index (κ1) is 21.6. The Kier molecular flexibility index (Phi) is 6.17. The molecular weight excluding hydrogens is 414 g/mol. The van der Waals surface area contributed by atoms with Crippen LogP contribution < -0.4 is 16.2 Å². The normalized spacial score (nSPS) is 14.0. The van der Waals surface area contributed by atoms with Gasteiger partial charge in [-0.1, -0.05) is 103 Å². The third-order valence-corrected chi connectivity index (χ3v) is 6.05. The number of benzene rings is 4. The van der Waals surface area contributed by atoms with Crippen LogP contribution in [0, 0.1) is 6.92 Å². The molecule has 0 spiro atoms. The number of rotatable bonds is 4. The zero-order valence-electron chi connectivity index (χ0n) is 19.3. The summed E-state index contributed by atoms with van der Waals surface area (Å²) in [6.07, 6.45) is 7.58. The molecule has 1 aliphatic carbocycles. The van der Waals surface area contributed by atoms with Gasteiger partial charge in [-0.05, 0) is 52.3 Å². The Labute approximate surface area is 200 Å². The van der Waals surface area contributed by atoms with E-state index >= 15 is 0 Å². The summed E-state index contributed by atoms with van der Waals surface area (Å²) in [6.45, 7) is 2.62. The molecule has 0 unspecified atom stereocenters. The Balaban J connectivity index is 1.51. The molecule has 0 aromatic heterocycles. The molecule has 0 saturated carbocycles. The van der Waals surface area contributed by atoms with Gasteiger partial charge in [0.25, 0.3) is 0 Å². The average molecular weight is 442 g/mol. The summed E-state index contributed by atoms with van der Waals surface area (Å²) in [5.41, 5.74) is 10.7. The van der Waals surface area contributed by atoms with Crippen molar-refractivity contribution >= 4 is 34.6 Å². The van der Waals surface area contributed by atoms with Crippen molar-refractivity contribution in [2.75, 3.05) is 6.54 Å². The first-order valence-electron chi connectivity index (χ1n) is 11.6. The molecule has 0 bridgehead atoms. The maximum atomic E-state index is 6.49. The van der Waals surface area contributed by atoms with Crippen LogP contribution >= 0.6 is 0 Å². The third kappa shape index (κ3) is 4.89. The zero-order valence-corrected chi connectivity index (χ0v) is 19.3. The molecule has 0 fully saturated rings. The van der Waals surface area contributed by atoms with Crippen molar-refractivity contribution in [2.45, 2.75) is 13.3 Å². The van der Waals surface area contributed by atoms with Crippen LogP contribution in [0.5, 0.6) is 0 Å². The molecule has 4 aromatic carbocycles. The van der Waals surface area contributed by atoms with E-state index in [9.17, 15) is 0 Å². The van der Waals surface area contributed by atoms with Gasteiger partial charge in [0.1, 0.15) is 5.84 Å². The Morgan fingerprint density at radius 3 is 2.29 bits per heavy atom. The van der Waals surface area contributed by atoms with Crippen LogP contribution in [0.4, 0.5) is 0 Å². The molecule has 34 heavy (non-hydrogen) atoms. The lowest BCUT2D eigenvalue weighted by Crippen LogP contribution is -2.23. The van der Waals surface area contributed by atoms with Gasteiger partial charge in [0.15, 0.2) is 5.84 Å². The molecule has 3 heteroatoms. The smallest absolute Gasteiger partial charge is 0.157 e. The lowest BCUT2D eigenvalue weighted by atomic mass is 10.1. The number of aryl methyl sites for hydroxylation is 1. The highest BCUT2D eigenvalue weighted by atomic mass is 15.0. The van der Waals surface area contributed by atoms with Gasteiger partial charge in [0.2, 0.25) is 0 Å². The number of aliphatic imine (C=N–C) groups is 2. The highest BCUT2D eigenvalue weighted by molar-refractivity contribution is 6.11. The quantitative estimate of drug-likeness (QED) is 0.356. The van der Waals surface area contributed by atoms with Gasteiger partial charge in [0.05, 0.1) is 6.54 Å². The molecule has 0 saturated heterocycles. The third-order valence-electron chi connectivity index (χ3n) is 6.05. The maximum absolute atomic E-state index is 6.49. The fourth-order valence-electron chi connectivity index (χ4n) is 4.12. The molecule has 3 nitrogen and oxygen atoms in total. The molecular formula is C31H27N3. The van der Waals surface area contributed by atoms with E-state index in [0.29, 0.717) is 18.2 Å². The lowest BCUT2D eigenvalue weighted by Gasteiger charge is -2.07. The van der Waals surface area contributed by atoms with Gasteiger partial charge in [-0.2, -0.15) is 0 Å². The van der Waals surface area contributed by atoms with Gasteiger partial charge >= 0.3 is 0 Å². The van der Waals surface area contributed by atoms with Crippen LogP contribution in [0.1, 0.15) is 23.1 Å². The van der Waals surface area contributed by atoms with E-state index in [0.717, 1.165) is 22.9 Å². The summed E-state index contributed by atoms with van der Waals surface area (Å²) in [5, 5.41) is 4.80. The van der Waals surface area contributed by atoms with Crippen molar-refractivity contribution in [1.82, 2.24) is 0 Å². The second-order valence-electron chi connectivity index (χ2n) is 8.56. The molecule has 0 heterocycles. The second-order valence-corrected chi connectivity index (χ2v) is 8.56. The van der Waals surface area contributed by atoms with Crippen LogP contribution in [0.25, 0.3) is 22.9 Å². The molecule has 166 valence electrons. The van der Waals surface area contributed by atoms with E-state index in [1.807, 2.05) is 18.2 Å². The largest absolute Gasteiger partial charge is 0.383 e. The van der Waals surface area contributed by atoms with Crippen molar-refractivity contribution in [3.05, 3.63) is 130 Å². The minimum absolute atomic E-state index is 0.461. The molecule has 5 rings (SSSR count). The number of fused-ring (bicyclic) bond motifs is 2. The van der Waals surface area contributed by atoms with Crippen molar-refractivity contribution in [3.63, 3.8) is 0 Å². The summed E-state index contributed by atoms with van der Waals surface area (Å²) >= 11 is 0. The molecule has 2 N–H and O–H groups in total. The molecule has 0 amide bonds. The van der Waals surface area contributed by atoms with Crippen molar-refractivity contribution < 1.29 is 0 Å². The number of allylic oxidation sites excluding steroid dienone is 1. The van der Waals surface area contributed by atoms with E-state index < -0.39 is 0 Å². The molecule has 0 atom stereocenters. The van der Waals surface area contributed by atoms with Crippen molar-refractivity contribution in [2.24, 2.45) is 15.7 Å². The van der Waals surface area contributed by atoms with Crippen LogP contribution in [-0.2, 0) is 0 Å². The number of nitrogens with two attached hydrogens (primary N) is 1. The molecule has 4 aromatic rings. The van der Waals surface area contributed by atoms with E-state index in [4.69, 9.17) is 15.7 Å². The van der Waals surface area contributed by atoms with Crippen molar-refractivity contribution in [1.29, 1.82) is 0 Å². The summed E-state index contributed by atoms with van der Waals surface area (Å²) in [5.74, 6) is 1.10. The topological polar surface area (TPSA) is 50.7 Å². The van der Waals surface area contributed by atoms with E-state index in [1.54, 1.807) is 0 Å². The highest BCUT2D eigenvalue weighted by Crippen LogP contribution is 2.16. The van der Waals surface area contributed by atoms with Crippen LogP contribution in [0.15, 0.2) is 113 Å². The average Bonchev–Trinajstić information content (AvgIpc) is 3.08. The fraction of sp³-hybridized carbons (Fsp3) is 0.0968. The SMILES string of the molecule is Cc1ccc(C(N=C(N)c2ccc3ccccc3c2)=NCC2=CCC=c3ccccc3=C2)cc1. The number of nitrogens with zero attached hydrogens (tertiary/aromatic N) is 2. The Morgan fingerprint density at radius 2 is 1.47 bits per heavy atom.